The number of benzene rings is 2. The highest BCUT2D eigenvalue weighted by Gasteiger charge is 2.36. The first-order valence-corrected chi connectivity index (χ1v) is 15.2. The van der Waals surface area contributed by atoms with Crippen LogP contribution >= 0.6 is 0 Å². The Balaban J connectivity index is 1.16. The van der Waals surface area contributed by atoms with Crippen molar-refractivity contribution in [1.29, 1.82) is 0 Å². The summed E-state index contributed by atoms with van der Waals surface area (Å²) in [7, 11) is 0. The first kappa shape index (κ1) is 30.7. The molecule has 0 saturated carbocycles. The van der Waals surface area contributed by atoms with Gasteiger partial charge in [-0.25, -0.2) is 15.4 Å². The fraction of sp³-hybridized carbons (Fsp3) is 0.441. The molecule has 0 spiro atoms. The number of aromatic amines is 1. The number of hydroxylamine groups is 1. The summed E-state index contributed by atoms with van der Waals surface area (Å²) in [6.45, 7) is 16.2. The van der Waals surface area contributed by atoms with Crippen LogP contribution in [0.15, 0.2) is 67.0 Å². The molecule has 4 N–H and O–H groups in total. The summed E-state index contributed by atoms with van der Waals surface area (Å²) in [5.41, 5.74) is 6.62. The number of piperazine rings is 1. The van der Waals surface area contributed by atoms with Crippen LogP contribution in [-0.2, 0) is 11.3 Å². The molecule has 1 aliphatic heterocycles. The molecule has 5 rings (SSSR count). The number of H-pyrrole nitrogens is 1. The number of amides is 1. The molecule has 1 atom stereocenters. The monoisotopic (exact) mass is 583 g/mol. The van der Waals surface area contributed by atoms with E-state index in [-0.39, 0.29) is 17.4 Å². The maximum Gasteiger partial charge on any atom is 0.249 e. The van der Waals surface area contributed by atoms with Crippen molar-refractivity contribution >= 4 is 22.8 Å². The lowest BCUT2D eigenvalue weighted by Gasteiger charge is -2.41. The molecular weight excluding hydrogens is 538 g/mol. The molecule has 2 aromatic carbocycles. The summed E-state index contributed by atoms with van der Waals surface area (Å²) in [4.78, 5) is 29.5. The van der Waals surface area contributed by atoms with E-state index in [2.05, 4.69) is 105 Å². The maximum absolute atomic E-state index is 12.1. The van der Waals surface area contributed by atoms with Crippen LogP contribution in [0.25, 0.3) is 22.3 Å². The molecule has 0 unspecified atom stereocenters. The zero-order valence-electron chi connectivity index (χ0n) is 26.0. The summed E-state index contributed by atoms with van der Waals surface area (Å²) in [6.07, 6.45) is 2.30. The van der Waals surface area contributed by atoms with Crippen molar-refractivity contribution in [2.75, 3.05) is 38.0 Å². The van der Waals surface area contributed by atoms with Crippen molar-refractivity contribution in [2.45, 2.75) is 53.6 Å². The number of nitrogens with one attached hydrogen (secondary N) is 3. The normalized spacial score (nSPS) is 15.9. The number of anilines is 1. The Labute approximate surface area is 254 Å². The summed E-state index contributed by atoms with van der Waals surface area (Å²) in [5.74, 6) is 0.493. The predicted octanol–water partition coefficient (Wildman–Crippen LogP) is 5.86. The molecule has 0 aliphatic carbocycles. The highest BCUT2D eigenvalue weighted by atomic mass is 16.5. The lowest BCUT2D eigenvalue weighted by molar-refractivity contribution is -0.139. The quantitative estimate of drug-likeness (QED) is 0.129. The Morgan fingerprint density at radius 3 is 2.33 bits per heavy atom. The van der Waals surface area contributed by atoms with Crippen molar-refractivity contribution in [2.24, 2.45) is 10.8 Å². The highest BCUT2D eigenvalue weighted by Crippen LogP contribution is 2.35. The van der Waals surface area contributed by atoms with Crippen molar-refractivity contribution in [1.82, 2.24) is 30.2 Å². The van der Waals surface area contributed by atoms with Gasteiger partial charge in [-0.3, -0.25) is 14.9 Å². The Kier molecular flexibility index (Phi) is 9.15. The van der Waals surface area contributed by atoms with Crippen molar-refractivity contribution in [3.05, 3.63) is 78.1 Å². The van der Waals surface area contributed by atoms with E-state index in [4.69, 9.17) is 5.21 Å². The lowest BCUT2D eigenvalue weighted by Crippen LogP contribution is -2.49. The molecule has 2 aromatic heterocycles. The smallest absolute Gasteiger partial charge is 0.249 e. The zero-order chi connectivity index (χ0) is 30.6. The van der Waals surface area contributed by atoms with Crippen molar-refractivity contribution in [3.8, 4) is 11.3 Å². The van der Waals surface area contributed by atoms with E-state index < -0.39 is 5.41 Å². The van der Waals surface area contributed by atoms with Gasteiger partial charge >= 0.3 is 0 Å². The second kappa shape index (κ2) is 12.8. The number of hydrogen-bond acceptors (Lipinski definition) is 7. The first-order chi connectivity index (χ1) is 20.5. The SMILES string of the molecule is C[C@@H](Nc1ncnc2[nH]c(-c3ccc(CN4CCN(CC(C)(C)CC(C)(C)C(=O)NO)CC4)cc3)cc12)c1ccccc1. The molecule has 0 bridgehead atoms. The molecule has 4 aromatic rings. The van der Waals surface area contributed by atoms with Gasteiger partial charge in [-0.15, -0.1) is 0 Å². The minimum absolute atomic E-state index is 0.0425. The molecule has 228 valence electrons. The standard InChI is InChI=1S/C34H45N7O2/c1-24(26-9-7-6-8-10-26)37-30-28-19-29(38-31(28)36-23-35-30)27-13-11-25(12-14-27)20-40-15-17-41(18-16-40)22-33(2,3)21-34(4,5)32(42)39-43/h6-14,19,23-24,43H,15-18,20-22H2,1-5H3,(H,39,42)(H2,35,36,37,38)/t24-/m1/s1. The molecule has 1 fully saturated rings. The van der Waals surface area contributed by atoms with Crippen LogP contribution in [0.1, 0.15) is 58.2 Å². The van der Waals surface area contributed by atoms with Gasteiger partial charge in [0.15, 0.2) is 0 Å². The minimum Gasteiger partial charge on any atom is -0.363 e. The van der Waals surface area contributed by atoms with Crippen LogP contribution < -0.4 is 10.8 Å². The predicted molar refractivity (Wildman–Crippen MR) is 172 cm³/mol. The zero-order valence-corrected chi connectivity index (χ0v) is 26.0. The van der Waals surface area contributed by atoms with Gasteiger partial charge < -0.3 is 15.2 Å². The van der Waals surface area contributed by atoms with Gasteiger partial charge in [0.25, 0.3) is 0 Å². The molecule has 1 amide bonds. The second-order valence-electron chi connectivity index (χ2n) is 13.4. The average molecular weight is 584 g/mol. The van der Waals surface area contributed by atoms with Gasteiger partial charge in [0, 0.05) is 56.4 Å². The van der Waals surface area contributed by atoms with Crippen molar-refractivity contribution in [3.63, 3.8) is 0 Å². The van der Waals surface area contributed by atoms with E-state index in [1.165, 1.54) is 11.1 Å². The first-order valence-electron chi connectivity index (χ1n) is 15.2. The molecule has 3 heterocycles. The van der Waals surface area contributed by atoms with E-state index in [1.807, 2.05) is 25.4 Å². The van der Waals surface area contributed by atoms with E-state index in [1.54, 1.807) is 6.33 Å². The van der Waals surface area contributed by atoms with Crippen molar-refractivity contribution < 1.29 is 10.0 Å². The van der Waals surface area contributed by atoms with Crippen LogP contribution in [0.4, 0.5) is 5.82 Å². The number of aromatic nitrogens is 3. The Morgan fingerprint density at radius 1 is 0.977 bits per heavy atom. The number of hydrogen-bond donors (Lipinski definition) is 4. The summed E-state index contributed by atoms with van der Waals surface area (Å²) in [6, 6.07) is 21.4. The van der Waals surface area contributed by atoms with Gasteiger partial charge in [-0.05, 0) is 41.5 Å². The largest absolute Gasteiger partial charge is 0.363 e. The summed E-state index contributed by atoms with van der Waals surface area (Å²) < 4.78 is 0. The maximum atomic E-state index is 12.1. The topological polar surface area (TPSA) is 109 Å². The van der Waals surface area contributed by atoms with E-state index >= 15 is 0 Å². The van der Waals surface area contributed by atoms with Crippen LogP contribution in [-0.4, -0.2) is 68.6 Å². The molecule has 9 heteroatoms. The third-order valence-corrected chi connectivity index (χ3v) is 8.50. The van der Waals surface area contributed by atoms with Crippen LogP contribution in [0.2, 0.25) is 0 Å². The number of carbonyl (C=O) groups excluding carboxylic acids is 1. The Bertz CT molecular complexity index is 1510. The third-order valence-electron chi connectivity index (χ3n) is 8.50. The van der Waals surface area contributed by atoms with Crippen LogP contribution in [0, 0.1) is 10.8 Å². The minimum atomic E-state index is -0.618. The number of fused-ring (bicyclic) bond motifs is 1. The molecule has 0 radical (unpaired) electrons. The van der Waals surface area contributed by atoms with E-state index in [0.29, 0.717) is 6.42 Å². The van der Waals surface area contributed by atoms with Gasteiger partial charge in [0.05, 0.1) is 5.39 Å². The third kappa shape index (κ3) is 7.60. The fourth-order valence-corrected chi connectivity index (χ4v) is 6.48. The van der Waals surface area contributed by atoms with Gasteiger partial charge in [-0.1, -0.05) is 82.3 Å². The second-order valence-corrected chi connectivity index (χ2v) is 13.4. The molecule has 1 aliphatic rings. The van der Waals surface area contributed by atoms with E-state index in [9.17, 15) is 4.79 Å². The number of nitrogens with zero attached hydrogens (tertiary/aromatic N) is 4. The fourth-order valence-electron chi connectivity index (χ4n) is 6.48. The lowest BCUT2D eigenvalue weighted by atomic mass is 9.74. The Morgan fingerprint density at radius 2 is 1.65 bits per heavy atom. The average Bonchev–Trinajstić information content (AvgIpc) is 3.43. The molecule has 1 saturated heterocycles. The van der Waals surface area contributed by atoms with Crippen LogP contribution in [0.3, 0.4) is 0 Å². The van der Waals surface area contributed by atoms with Gasteiger partial charge in [-0.2, -0.15) is 0 Å². The van der Waals surface area contributed by atoms with E-state index in [0.717, 1.165) is 67.4 Å². The highest BCUT2D eigenvalue weighted by molar-refractivity contribution is 5.91. The molecular formula is C34H45N7O2. The van der Waals surface area contributed by atoms with Gasteiger partial charge in [0.2, 0.25) is 5.91 Å². The molecule has 9 nitrogen and oxygen atoms in total. The summed E-state index contributed by atoms with van der Waals surface area (Å²) >= 11 is 0. The molecule has 43 heavy (non-hydrogen) atoms. The number of rotatable bonds is 11. The Hall–Kier alpha value is -3.79. The van der Waals surface area contributed by atoms with Gasteiger partial charge in [0.1, 0.15) is 17.8 Å². The van der Waals surface area contributed by atoms with Crippen LogP contribution in [0.5, 0.6) is 0 Å². The summed E-state index contributed by atoms with van der Waals surface area (Å²) in [5, 5.41) is 13.6. The number of carbonyl (C=O) groups is 1.